The molecule has 0 radical (unpaired) electrons. The molecule has 3 aromatic carbocycles. The average Bonchev–Trinajstić information content (AvgIpc) is 3.22. The summed E-state index contributed by atoms with van der Waals surface area (Å²) in [6.07, 6.45) is 3.41. The fourth-order valence-corrected chi connectivity index (χ4v) is 4.18. The number of carboxylic acids is 1. The molecule has 4 rings (SSSR count). The second kappa shape index (κ2) is 9.75. The van der Waals surface area contributed by atoms with Crippen LogP contribution in [0.2, 0.25) is 0 Å². The molecule has 1 aromatic heterocycles. The average molecular weight is 457 g/mol. The molecule has 34 heavy (non-hydrogen) atoms. The van der Waals surface area contributed by atoms with E-state index in [0.29, 0.717) is 10.9 Å². The number of hydrogen-bond donors (Lipinski definition) is 2. The summed E-state index contributed by atoms with van der Waals surface area (Å²) in [7, 11) is 1.64. The molecule has 5 nitrogen and oxygen atoms in total. The van der Waals surface area contributed by atoms with Gasteiger partial charge in [-0.05, 0) is 82.6 Å². The van der Waals surface area contributed by atoms with Crippen LogP contribution in [0, 0.1) is 12.9 Å². The molecule has 0 bridgehead atoms. The van der Waals surface area contributed by atoms with Crippen molar-refractivity contribution in [3.63, 3.8) is 0 Å². The Kier molecular flexibility index (Phi) is 6.59. The van der Waals surface area contributed by atoms with Crippen molar-refractivity contribution in [3.05, 3.63) is 101 Å². The van der Waals surface area contributed by atoms with Gasteiger partial charge in [0.05, 0.1) is 18.0 Å². The van der Waals surface area contributed by atoms with Gasteiger partial charge in [0.25, 0.3) is 0 Å². The van der Waals surface area contributed by atoms with E-state index in [0.717, 1.165) is 57.2 Å². The molecule has 0 spiro atoms. The van der Waals surface area contributed by atoms with Gasteiger partial charge in [0.1, 0.15) is 5.75 Å². The first-order valence-corrected chi connectivity index (χ1v) is 10.9. The van der Waals surface area contributed by atoms with Crippen molar-refractivity contribution in [1.29, 1.82) is 0 Å². The lowest BCUT2D eigenvalue weighted by Gasteiger charge is -2.18. The van der Waals surface area contributed by atoms with E-state index < -0.39 is 11.9 Å². The Hall–Kier alpha value is -4.19. The van der Waals surface area contributed by atoms with Gasteiger partial charge in [-0.15, -0.1) is 0 Å². The Labute approximate surface area is 197 Å². The van der Waals surface area contributed by atoms with Crippen LogP contribution in [0.15, 0.2) is 66.7 Å². The fraction of sp³-hybridized carbons (Fsp3) is 0.143. The SMILES string of the molecule is CCC(=C(c1ccc(C=CC(=O)O)cc1)c1ccc2n[nH]c(F)c2c1)c1ccc(OC)cc1C. The molecule has 0 fully saturated rings. The highest BCUT2D eigenvalue weighted by atomic mass is 19.1. The van der Waals surface area contributed by atoms with Gasteiger partial charge in [0.15, 0.2) is 0 Å². The van der Waals surface area contributed by atoms with Crippen LogP contribution in [-0.2, 0) is 4.79 Å². The Balaban J connectivity index is 1.95. The Morgan fingerprint density at radius 3 is 2.47 bits per heavy atom. The fourth-order valence-electron chi connectivity index (χ4n) is 4.18. The summed E-state index contributed by atoms with van der Waals surface area (Å²) in [6.45, 7) is 4.14. The summed E-state index contributed by atoms with van der Waals surface area (Å²) in [4.78, 5) is 10.9. The zero-order chi connectivity index (χ0) is 24.2. The van der Waals surface area contributed by atoms with Crippen molar-refractivity contribution >= 4 is 34.1 Å². The number of hydrogen-bond acceptors (Lipinski definition) is 3. The number of rotatable bonds is 7. The molecular formula is C28H25FN2O3. The highest BCUT2D eigenvalue weighted by molar-refractivity contribution is 6.01. The van der Waals surface area contributed by atoms with Crippen molar-refractivity contribution in [2.75, 3.05) is 7.11 Å². The van der Waals surface area contributed by atoms with Gasteiger partial charge in [-0.2, -0.15) is 9.49 Å². The number of methoxy groups -OCH3 is 1. The number of nitrogens with zero attached hydrogens (tertiary/aromatic N) is 1. The number of nitrogens with one attached hydrogen (secondary N) is 1. The number of fused-ring (bicyclic) bond motifs is 1. The normalized spacial score (nSPS) is 12.2. The maximum absolute atomic E-state index is 14.3. The van der Waals surface area contributed by atoms with Crippen molar-refractivity contribution in [3.8, 4) is 5.75 Å². The maximum atomic E-state index is 14.3. The van der Waals surface area contributed by atoms with Gasteiger partial charge in [0.2, 0.25) is 5.95 Å². The molecule has 0 saturated carbocycles. The molecule has 1 heterocycles. The Bertz CT molecular complexity index is 1420. The van der Waals surface area contributed by atoms with Crippen LogP contribution < -0.4 is 4.74 Å². The topological polar surface area (TPSA) is 75.2 Å². The molecule has 0 aliphatic heterocycles. The predicted molar refractivity (Wildman–Crippen MR) is 133 cm³/mol. The number of aryl methyl sites for hydroxylation is 1. The van der Waals surface area contributed by atoms with Crippen LogP contribution in [0.1, 0.15) is 41.2 Å². The third kappa shape index (κ3) is 4.62. The first-order valence-electron chi connectivity index (χ1n) is 10.9. The second-order valence-corrected chi connectivity index (χ2v) is 7.95. The van der Waals surface area contributed by atoms with Crippen LogP contribution in [0.5, 0.6) is 5.75 Å². The third-order valence-corrected chi connectivity index (χ3v) is 5.83. The number of H-pyrrole nitrogens is 1. The van der Waals surface area contributed by atoms with E-state index in [4.69, 9.17) is 9.84 Å². The van der Waals surface area contributed by atoms with Crippen LogP contribution in [0.25, 0.3) is 28.1 Å². The van der Waals surface area contributed by atoms with E-state index in [1.165, 1.54) is 0 Å². The monoisotopic (exact) mass is 456 g/mol. The van der Waals surface area contributed by atoms with Gasteiger partial charge in [0, 0.05) is 6.08 Å². The molecule has 0 aliphatic rings. The smallest absolute Gasteiger partial charge is 0.328 e. The quantitative estimate of drug-likeness (QED) is 0.246. The van der Waals surface area contributed by atoms with Crippen molar-refractivity contribution in [1.82, 2.24) is 10.2 Å². The minimum atomic E-state index is -0.997. The second-order valence-electron chi connectivity index (χ2n) is 7.95. The lowest BCUT2D eigenvalue weighted by Crippen LogP contribution is -1.98. The number of benzene rings is 3. The van der Waals surface area contributed by atoms with Crippen LogP contribution in [0.4, 0.5) is 4.39 Å². The molecule has 0 saturated heterocycles. The van der Waals surface area contributed by atoms with E-state index >= 15 is 0 Å². The summed E-state index contributed by atoms with van der Waals surface area (Å²) >= 11 is 0. The van der Waals surface area contributed by atoms with Crippen LogP contribution >= 0.6 is 0 Å². The van der Waals surface area contributed by atoms with Crippen molar-refractivity contribution in [2.24, 2.45) is 0 Å². The Morgan fingerprint density at radius 2 is 1.82 bits per heavy atom. The third-order valence-electron chi connectivity index (χ3n) is 5.83. The van der Waals surface area contributed by atoms with Gasteiger partial charge in [-0.1, -0.05) is 43.3 Å². The summed E-state index contributed by atoms with van der Waals surface area (Å²) < 4.78 is 19.7. The van der Waals surface area contributed by atoms with E-state index in [9.17, 15) is 9.18 Å². The number of carbonyl (C=O) groups is 1. The van der Waals surface area contributed by atoms with Gasteiger partial charge < -0.3 is 9.84 Å². The van der Waals surface area contributed by atoms with Gasteiger partial charge in [-0.3, -0.25) is 5.10 Å². The molecule has 2 N–H and O–H groups in total. The number of carboxylic acid groups (broad SMARTS) is 1. The molecule has 6 heteroatoms. The van der Waals surface area contributed by atoms with Crippen LogP contribution in [-0.4, -0.2) is 28.4 Å². The van der Waals surface area contributed by atoms with Crippen molar-refractivity contribution < 1.29 is 19.0 Å². The molecular weight excluding hydrogens is 431 g/mol. The van der Waals surface area contributed by atoms with Crippen LogP contribution in [0.3, 0.4) is 0 Å². The minimum absolute atomic E-state index is 0.429. The molecule has 0 amide bonds. The first-order chi connectivity index (χ1) is 16.4. The number of aromatic amines is 1. The lowest BCUT2D eigenvalue weighted by molar-refractivity contribution is -0.131. The minimum Gasteiger partial charge on any atom is -0.497 e. The first kappa shape index (κ1) is 23.0. The highest BCUT2D eigenvalue weighted by Crippen LogP contribution is 2.37. The summed E-state index contributed by atoms with van der Waals surface area (Å²) in [5.41, 5.74) is 7.40. The standard InChI is InChI=1S/C28H25FN2O3/c1-4-22(23-12-11-21(34-3)15-17(23)2)27(19-8-5-18(6-9-19)7-14-26(32)33)20-10-13-25-24(16-20)28(29)31-30-25/h5-16H,4H2,1-3H3,(H,30,31)(H,32,33). The lowest BCUT2D eigenvalue weighted by atomic mass is 9.86. The molecule has 0 atom stereocenters. The zero-order valence-corrected chi connectivity index (χ0v) is 19.2. The molecule has 0 unspecified atom stereocenters. The zero-order valence-electron chi connectivity index (χ0n) is 19.2. The Morgan fingerprint density at radius 1 is 1.09 bits per heavy atom. The predicted octanol–water partition coefficient (Wildman–Crippen LogP) is 6.49. The summed E-state index contributed by atoms with van der Waals surface area (Å²) in [5, 5.41) is 15.8. The number of allylic oxidation sites excluding steroid dienone is 1. The number of aliphatic carboxylic acids is 1. The number of aromatic nitrogens is 2. The highest BCUT2D eigenvalue weighted by Gasteiger charge is 2.17. The van der Waals surface area contributed by atoms with E-state index in [1.807, 2.05) is 67.6 Å². The van der Waals surface area contributed by atoms with E-state index in [-0.39, 0.29) is 0 Å². The maximum Gasteiger partial charge on any atom is 0.328 e. The molecule has 0 aliphatic carbocycles. The van der Waals surface area contributed by atoms with E-state index in [2.05, 4.69) is 17.1 Å². The van der Waals surface area contributed by atoms with Gasteiger partial charge in [-0.25, -0.2) is 4.79 Å². The summed E-state index contributed by atoms with van der Waals surface area (Å²) in [6, 6.07) is 19.2. The van der Waals surface area contributed by atoms with Gasteiger partial charge >= 0.3 is 5.97 Å². The molecule has 4 aromatic rings. The summed E-state index contributed by atoms with van der Waals surface area (Å²) in [5.74, 6) is -0.679. The number of halogens is 1. The van der Waals surface area contributed by atoms with E-state index in [1.54, 1.807) is 13.2 Å². The van der Waals surface area contributed by atoms with Crippen molar-refractivity contribution in [2.45, 2.75) is 20.3 Å². The number of ether oxygens (including phenoxy) is 1. The largest absolute Gasteiger partial charge is 0.497 e. The molecule has 172 valence electrons.